The molecule has 1 aliphatic rings. The van der Waals surface area contributed by atoms with Gasteiger partial charge in [0.15, 0.2) is 0 Å². The smallest absolute Gasteiger partial charge is 0.228 e. The van der Waals surface area contributed by atoms with Gasteiger partial charge in [-0.1, -0.05) is 23.7 Å². The maximum atomic E-state index is 12.5. The highest BCUT2D eigenvalue weighted by molar-refractivity contribution is 9.10. The first-order valence-corrected chi connectivity index (χ1v) is 9.99. The molecule has 1 saturated heterocycles. The highest BCUT2D eigenvalue weighted by Crippen LogP contribution is 2.32. The number of rotatable bonds is 3. The number of hydrogen-bond acceptors (Lipinski definition) is 4. The van der Waals surface area contributed by atoms with Crippen LogP contribution in [-0.2, 0) is 4.79 Å². The van der Waals surface area contributed by atoms with Crippen LogP contribution in [0.3, 0.4) is 0 Å². The average molecular weight is 446 g/mol. The maximum absolute atomic E-state index is 12.5. The second-order valence-corrected chi connectivity index (χ2v) is 7.87. The standard InChI is InChI=1S/C20H18BrClN4O/c21-16-3-1-2-15-17(6-9-23-19(15)16)26-10-7-13(8-11-26)20(27)25-18-5-4-14(22)12-24-18/h1-6,9,12-13H,7-8,10-11H2,(H,24,25,27). The van der Waals surface area contributed by atoms with Crippen LogP contribution in [0.1, 0.15) is 12.8 Å². The van der Waals surface area contributed by atoms with Crippen LogP contribution in [0.2, 0.25) is 5.02 Å². The van der Waals surface area contributed by atoms with Gasteiger partial charge in [0.2, 0.25) is 5.91 Å². The Hall–Kier alpha value is -2.18. The largest absolute Gasteiger partial charge is 0.371 e. The topological polar surface area (TPSA) is 58.1 Å². The molecule has 1 aromatic carbocycles. The summed E-state index contributed by atoms with van der Waals surface area (Å²) < 4.78 is 0.992. The number of para-hydroxylation sites is 1. The Balaban J connectivity index is 1.44. The summed E-state index contributed by atoms with van der Waals surface area (Å²) in [4.78, 5) is 23.5. The normalized spacial score (nSPS) is 15.1. The molecule has 5 nitrogen and oxygen atoms in total. The predicted octanol–water partition coefficient (Wildman–Crippen LogP) is 4.90. The molecule has 0 bridgehead atoms. The van der Waals surface area contributed by atoms with Crippen molar-refractivity contribution in [2.75, 3.05) is 23.3 Å². The summed E-state index contributed by atoms with van der Waals surface area (Å²) >= 11 is 9.41. The molecule has 1 aliphatic heterocycles. The molecule has 2 aromatic heterocycles. The zero-order valence-corrected chi connectivity index (χ0v) is 16.9. The molecule has 1 N–H and O–H groups in total. The lowest BCUT2D eigenvalue weighted by atomic mass is 9.95. The lowest BCUT2D eigenvalue weighted by molar-refractivity contribution is -0.120. The molecule has 7 heteroatoms. The Morgan fingerprint density at radius 1 is 1.15 bits per heavy atom. The second kappa shape index (κ2) is 7.82. The predicted molar refractivity (Wildman–Crippen MR) is 112 cm³/mol. The maximum Gasteiger partial charge on any atom is 0.228 e. The van der Waals surface area contributed by atoms with Gasteiger partial charge in [-0.25, -0.2) is 4.98 Å². The van der Waals surface area contributed by atoms with Gasteiger partial charge in [-0.15, -0.1) is 0 Å². The molecule has 4 rings (SSSR count). The summed E-state index contributed by atoms with van der Waals surface area (Å²) in [6, 6.07) is 11.6. The van der Waals surface area contributed by atoms with E-state index >= 15 is 0 Å². The zero-order chi connectivity index (χ0) is 18.8. The van der Waals surface area contributed by atoms with Crippen molar-refractivity contribution in [3.05, 3.63) is 58.3 Å². The number of fused-ring (bicyclic) bond motifs is 1. The molecule has 3 heterocycles. The molecule has 0 saturated carbocycles. The Morgan fingerprint density at radius 3 is 2.70 bits per heavy atom. The van der Waals surface area contributed by atoms with Gasteiger partial charge in [-0.2, -0.15) is 0 Å². The SMILES string of the molecule is O=C(Nc1ccc(Cl)cn1)C1CCN(c2ccnc3c(Br)cccc23)CC1. The number of aromatic nitrogens is 2. The summed E-state index contributed by atoms with van der Waals surface area (Å²) in [6.45, 7) is 1.66. The van der Waals surface area contributed by atoms with Gasteiger partial charge in [-0.3, -0.25) is 9.78 Å². The summed E-state index contributed by atoms with van der Waals surface area (Å²) in [7, 11) is 0. The first-order valence-electron chi connectivity index (χ1n) is 8.82. The van der Waals surface area contributed by atoms with Gasteiger partial charge >= 0.3 is 0 Å². The second-order valence-electron chi connectivity index (χ2n) is 6.58. The molecule has 0 radical (unpaired) electrons. The van der Waals surface area contributed by atoms with E-state index < -0.39 is 0 Å². The van der Waals surface area contributed by atoms with Crippen molar-refractivity contribution in [2.45, 2.75) is 12.8 Å². The number of anilines is 2. The summed E-state index contributed by atoms with van der Waals surface area (Å²) in [6.07, 6.45) is 4.98. The number of pyridine rings is 2. The van der Waals surface area contributed by atoms with Crippen LogP contribution < -0.4 is 10.2 Å². The quantitative estimate of drug-likeness (QED) is 0.623. The molecule has 0 spiro atoms. The fourth-order valence-electron chi connectivity index (χ4n) is 3.46. The third kappa shape index (κ3) is 3.92. The van der Waals surface area contributed by atoms with Gasteiger partial charge in [0, 0.05) is 46.9 Å². The number of carbonyl (C=O) groups excluding carboxylic acids is 1. The number of carbonyl (C=O) groups is 1. The van der Waals surface area contributed by atoms with E-state index in [1.165, 1.54) is 11.9 Å². The Morgan fingerprint density at radius 2 is 1.96 bits per heavy atom. The van der Waals surface area contributed by atoms with E-state index in [0.29, 0.717) is 10.8 Å². The molecule has 0 atom stereocenters. The van der Waals surface area contributed by atoms with E-state index in [4.69, 9.17) is 11.6 Å². The van der Waals surface area contributed by atoms with Gasteiger partial charge in [0.25, 0.3) is 0 Å². The fourth-order valence-corrected chi connectivity index (χ4v) is 4.04. The van der Waals surface area contributed by atoms with Crippen molar-refractivity contribution >= 4 is 55.8 Å². The molecule has 0 aliphatic carbocycles. The lowest BCUT2D eigenvalue weighted by Gasteiger charge is -2.33. The molecule has 0 unspecified atom stereocenters. The van der Waals surface area contributed by atoms with Crippen molar-refractivity contribution in [1.29, 1.82) is 0 Å². The van der Waals surface area contributed by atoms with E-state index in [-0.39, 0.29) is 11.8 Å². The average Bonchev–Trinajstić information content (AvgIpc) is 2.70. The fraction of sp³-hybridized carbons (Fsp3) is 0.250. The molecule has 138 valence electrons. The monoisotopic (exact) mass is 444 g/mol. The Bertz CT molecular complexity index is 971. The van der Waals surface area contributed by atoms with E-state index in [2.05, 4.69) is 42.2 Å². The molecule has 1 fully saturated rings. The van der Waals surface area contributed by atoms with Crippen LogP contribution in [0.4, 0.5) is 11.5 Å². The molecular formula is C20H18BrClN4O. The van der Waals surface area contributed by atoms with E-state index in [0.717, 1.165) is 41.3 Å². The number of hydrogen-bond donors (Lipinski definition) is 1. The highest BCUT2D eigenvalue weighted by Gasteiger charge is 2.26. The number of nitrogens with zero attached hydrogens (tertiary/aromatic N) is 3. The number of nitrogens with one attached hydrogen (secondary N) is 1. The van der Waals surface area contributed by atoms with Gasteiger partial charge in [0.1, 0.15) is 5.82 Å². The van der Waals surface area contributed by atoms with Crippen LogP contribution in [0.15, 0.2) is 53.3 Å². The van der Waals surface area contributed by atoms with Gasteiger partial charge in [0.05, 0.1) is 10.5 Å². The van der Waals surface area contributed by atoms with E-state index in [1.807, 2.05) is 24.4 Å². The summed E-state index contributed by atoms with van der Waals surface area (Å²) in [5.74, 6) is 0.544. The number of piperidine rings is 1. The minimum Gasteiger partial charge on any atom is -0.371 e. The van der Waals surface area contributed by atoms with Crippen molar-refractivity contribution in [1.82, 2.24) is 9.97 Å². The van der Waals surface area contributed by atoms with Crippen LogP contribution >= 0.6 is 27.5 Å². The summed E-state index contributed by atoms with van der Waals surface area (Å²) in [5.41, 5.74) is 2.13. The molecule has 27 heavy (non-hydrogen) atoms. The van der Waals surface area contributed by atoms with Crippen molar-refractivity contribution in [2.24, 2.45) is 5.92 Å². The minimum absolute atomic E-state index is 0.0152. The number of benzene rings is 1. The van der Waals surface area contributed by atoms with E-state index in [1.54, 1.807) is 12.1 Å². The highest BCUT2D eigenvalue weighted by atomic mass is 79.9. The van der Waals surface area contributed by atoms with Crippen LogP contribution in [0.25, 0.3) is 10.9 Å². The first kappa shape index (κ1) is 18.2. The van der Waals surface area contributed by atoms with Crippen LogP contribution in [0, 0.1) is 5.92 Å². The van der Waals surface area contributed by atoms with E-state index in [9.17, 15) is 4.79 Å². The van der Waals surface area contributed by atoms with Gasteiger partial charge < -0.3 is 10.2 Å². The van der Waals surface area contributed by atoms with Crippen LogP contribution in [-0.4, -0.2) is 29.0 Å². The summed E-state index contributed by atoms with van der Waals surface area (Å²) in [5, 5.41) is 4.57. The number of amides is 1. The third-order valence-electron chi connectivity index (χ3n) is 4.88. The van der Waals surface area contributed by atoms with Gasteiger partial charge in [-0.05, 0) is 53.0 Å². The Kier molecular flexibility index (Phi) is 5.27. The van der Waals surface area contributed by atoms with Crippen molar-refractivity contribution in [3.63, 3.8) is 0 Å². The third-order valence-corrected chi connectivity index (χ3v) is 5.75. The zero-order valence-electron chi connectivity index (χ0n) is 14.5. The molecular weight excluding hydrogens is 428 g/mol. The first-order chi connectivity index (χ1) is 13.1. The molecule has 3 aromatic rings. The number of halogens is 2. The Labute approximate surface area is 170 Å². The molecule has 1 amide bonds. The van der Waals surface area contributed by atoms with Crippen LogP contribution in [0.5, 0.6) is 0 Å². The van der Waals surface area contributed by atoms with Crippen molar-refractivity contribution < 1.29 is 4.79 Å². The van der Waals surface area contributed by atoms with Crippen molar-refractivity contribution in [3.8, 4) is 0 Å². The lowest BCUT2D eigenvalue weighted by Crippen LogP contribution is -2.38. The minimum atomic E-state index is -0.0152.